The number of carbonyl (C=O) groups excluding carboxylic acids is 1. The Labute approximate surface area is 80.6 Å². The fourth-order valence-electron chi connectivity index (χ4n) is 0.500. The van der Waals surface area contributed by atoms with Crippen LogP contribution in [0, 0.1) is 0 Å². The molecule has 8 nitrogen and oxygen atoms in total. The molecule has 0 saturated heterocycles. The molecule has 14 heavy (non-hydrogen) atoms. The van der Waals surface area contributed by atoms with Gasteiger partial charge in [0, 0.05) is 7.05 Å². The highest BCUT2D eigenvalue weighted by atomic mass is 32.2. The fraction of sp³-hybridized carbons (Fsp3) is 0.600. The quantitative estimate of drug-likeness (QED) is 0.609. The second-order valence-electron chi connectivity index (χ2n) is 2.25. The maximum Gasteiger partial charge on any atom is 0.421 e. The summed E-state index contributed by atoms with van der Waals surface area (Å²) in [7, 11) is -2.14. The summed E-state index contributed by atoms with van der Waals surface area (Å²) < 4.78 is 28.2. The molecular weight excluding hydrogens is 216 g/mol. The van der Waals surface area contributed by atoms with Gasteiger partial charge in [0.25, 0.3) is 0 Å². The lowest BCUT2D eigenvalue weighted by Crippen LogP contribution is -2.43. The van der Waals surface area contributed by atoms with E-state index >= 15 is 0 Å². The first kappa shape index (κ1) is 12.7. The molecule has 0 aromatic heterocycles. The number of hydrogen-bond donors (Lipinski definition) is 2. The lowest BCUT2D eigenvalue weighted by molar-refractivity contribution is -0.137. The van der Waals surface area contributed by atoms with Gasteiger partial charge in [-0.25, -0.2) is 9.52 Å². The second-order valence-corrected chi connectivity index (χ2v) is 4.03. The molecule has 0 radical (unpaired) electrons. The summed E-state index contributed by atoms with van der Waals surface area (Å²) in [5, 5.41) is 8.29. The van der Waals surface area contributed by atoms with Crippen molar-refractivity contribution in [3.8, 4) is 0 Å². The first-order valence-electron chi connectivity index (χ1n) is 3.33. The van der Waals surface area contributed by atoms with Crippen LogP contribution in [-0.4, -0.2) is 50.6 Å². The Balaban J connectivity index is 4.46. The number of ether oxygens (including phenoxy) is 1. The van der Waals surface area contributed by atoms with Crippen LogP contribution in [0.3, 0.4) is 0 Å². The highest BCUT2D eigenvalue weighted by Crippen LogP contribution is 1.93. The molecule has 0 heterocycles. The summed E-state index contributed by atoms with van der Waals surface area (Å²) in [5.74, 6) is -1.33. The number of likely N-dealkylation sites (N-methyl/N-ethyl adjacent to an activating group) is 1. The van der Waals surface area contributed by atoms with Crippen molar-refractivity contribution in [3.05, 3.63) is 0 Å². The van der Waals surface area contributed by atoms with Crippen LogP contribution >= 0.6 is 0 Å². The van der Waals surface area contributed by atoms with E-state index in [1.165, 1.54) is 4.72 Å². The average molecular weight is 226 g/mol. The Hall–Kier alpha value is -1.35. The highest BCUT2D eigenvalue weighted by Gasteiger charge is 2.22. The Morgan fingerprint density at radius 1 is 1.50 bits per heavy atom. The van der Waals surface area contributed by atoms with E-state index in [0.29, 0.717) is 4.31 Å². The Morgan fingerprint density at radius 2 is 2.00 bits per heavy atom. The van der Waals surface area contributed by atoms with Crippen molar-refractivity contribution in [2.24, 2.45) is 0 Å². The van der Waals surface area contributed by atoms with Crippen molar-refractivity contribution in [1.29, 1.82) is 0 Å². The largest absolute Gasteiger partial charge is 0.480 e. The molecule has 0 aromatic carbocycles. The fourth-order valence-corrected chi connectivity index (χ4v) is 1.23. The van der Waals surface area contributed by atoms with E-state index in [0.717, 1.165) is 14.2 Å². The minimum atomic E-state index is -4.14. The zero-order valence-electron chi connectivity index (χ0n) is 7.55. The van der Waals surface area contributed by atoms with Gasteiger partial charge in [-0.15, -0.1) is 0 Å². The number of nitrogens with one attached hydrogen (secondary N) is 1. The molecule has 0 spiro atoms. The molecule has 82 valence electrons. The van der Waals surface area contributed by atoms with E-state index < -0.39 is 28.8 Å². The Morgan fingerprint density at radius 3 is 2.36 bits per heavy atom. The van der Waals surface area contributed by atoms with Gasteiger partial charge in [-0.3, -0.25) is 4.79 Å². The molecule has 0 bridgehead atoms. The topological polar surface area (TPSA) is 113 Å². The van der Waals surface area contributed by atoms with Crippen LogP contribution in [0.5, 0.6) is 0 Å². The third kappa shape index (κ3) is 4.05. The van der Waals surface area contributed by atoms with Crippen molar-refractivity contribution >= 4 is 22.3 Å². The lowest BCUT2D eigenvalue weighted by Gasteiger charge is -2.14. The number of hydrogen-bond acceptors (Lipinski definition) is 5. The summed E-state index contributed by atoms with van der Waals surface area (Å²) in [5.41, 5.74) is 0. The molecule has 9 heteroatoms. The summed E-state index contributed by atoms with van der Waals surface area (Å²) in [6.45, 7) is -0.744. The van der Waals surface area contributed by atoms with Crippen molar-refractivity contribution in [3.63, 3.8) is 0 Å². The SMILES string of the molecule is COC(=O)NS(=O)(=O)N(C)CC(=O)O. The molecule has 0 unspecified atom stereocenters. The van der Waals surface area contributed by atoms with E-state index in [-0.39, 0.29) is 0 Å². The van der Waals surface area contributed by atoms with Gasteiger partial charge in [-0.2, -0.15) is 12.7 Å². The van der Waals surface area contributed by atoms with E-state index in [4.69, 9.17) is 5.11 Å². The van der Waals surface area contributed by atoms with Crippen LogP contribution in [-0.2, 0) is 19.7 Å². The second kappa shape index (κ2) is 4.77. The van der Waals surface area contributed by atoms with E-state index in [9.17, 15) is 18.0 Å². The van der Waals surface area contributed by atoms with Gasteiger partial charge in [-0.05, 0) is 0 Å². The highest BCUT2D eigenvalue weighted by molar-refractivity contribution is 7.87. The molecule has 2 N–H and O–H groups in total. The molecule has 1 amide bonds. The summed E-state index contributed by atoms with van der Waals surface area (Å²) in [6, 6.07) is 0. The number of methoxy groups -OCH3 is 1. The van der Waals surface area contributed by atoms with Gasteiger partial charge in [0.05, 0.1) is 7.11 Å². The maximum atomic E-state index is 11.1. The van der Waals surface area contributed by atoms with Crippen molar-refractivity contribution in [2.45, 2.75) is 0 Å². The molecule has 0 aliphatic heterocycles. The van der Waals surface area contributed by atoms with Crippen LogP contribution in [0.4, 0.5) is 4.79 Å². The minimum absolute atomic E-state index is 0.465. The zero-order valence-corrected chi connectivity index (χ0v) is 8.37. The third-order valence-corrected chi connectivity index (χ3v) is 2.54. The molecule has 0 saturated carbocycles. The van der Waals surface area contributed by atoms with Crippen molar-refractivity contribution < 1.29 is 27.9 Å². The summed E-state index contributed by atoms with van der Waals surface area (Å²) in [4.78, 5) is 20.7. The van der Waals surface area contributed by atoms with Crippen LogP contribution in [0.25, 0.3) is 0 Å². The lowest BCUT2D eigenvalue weighted by atomic mass is 10.7. The number of rotatable bonds is 4. The molecule has 0 aliphatic carbocycles. The number of carboxylic acid groups (broad SMARTS) is 1. The van der Waals surface area contributed by atoms with E-state index in [1.54, 1.807) is 0 Å². The Kier molecular flexibility index (Phi) is 4.31. The standard InChI is InChI=1S/C5H10N2O6S/c1-7(3-4(8)9)14(11,12)6-5(10)13-2/h3H2,1-2H3,(H,6,10)(H,8,9). The van der Waals surface area contributed by atoms with Crippen LogP contribution in [0.15, 0.2) is 0 Å². The van der Waals surface area contributed by atoms with Gasteiger partial charge >= 0.3 is 22.3 Å². The van der Waals surface area contributed by atoms with Crippen molar-refractivity contribution in [1.82, 2.24) is 9.03 Å². The van der Waals surface area contributed by atoms with Gasteiger partial charge in [0.2, 0.25) is 0 Å². The van der Waals surface area contributed by atoms with Gasteiger partial charge < -0.3 is 9.84 Å². The molecule has 0 aliphatic rings. The minimum Gasteiger partial charge on any atom is -0.480 e. The predicted molar refractivity (Wildman–Crippen MR) is 44.7 cm³/mol. The number of nitrogens with zero attached hydrogens (tertiary/aromatic N) is 1. The molecule has 0 fully saturated rings. The van der Waals surface area contributed by atoms with E-state index in [1.807, 2.05) is 0 Å². The smallest absolute Gasteiger partial charge is 0.421 e. The van der Waals surface area contributed by atoms with Crippen LogP contribution in [0.1, 0.15) is 0 Å². The van der Waals surface area contributed by atoms with Gasteiger partial charge in [0.15, 0.2) is 0 Å². The van der Waals surface area contributed by atoms with Crippen LogP contribution < -0.4 is 4.72 Å². The number of amides is 1. The summed E-state index contributed by atoms with van der Waals surface area (Å²) in [6.07, 6.45) is -1.18. The molecule has 0 atom stereocenters. The first-order valence-corrected chi connectivity index (χ1v) is 4.77. The third-order valence-electron chi connectivity index (χ3n) is 1.17. The van der Waals surface area contributed by atoms with Crippen LogP contribution in [0.2, 0.25) is 0 Å². The zero-order chi connectivity index (χ0) is 11.4. The number of carboxylic acids is 1. The van der Waals surface area contributed by atoms with Gasteiger partial charge in [-0.1, -0.05) is 0 Å². The number of aliphatic carboxylic acids is 1. The first-order chi connectivity index (χ1) is 6.29. The molecule has 0 rings (SSSR count). The molecular formula is C5H10N2O6S. The summed E-state index contributed by atoms with van der Waals surface area (Å²) >= 11 is 0. The number of carbonyl (C=O) groups is 2. The monoisotopic (exact) mass is 226 g/mol. The Bertz CT molecular complexity index is 323. The molecule has 0 aromatic rings. The average Bonchev–Trinajstić information content (AvgIpc) is 2.02. The predicted octanol–water partition coefficient (Wildman–Crippen LogP) is -1.40. The maximum absolute atomic E-state index is 11.1. The normalized spacial score (nSPS) is 11.1. The van der Waals surface area contributed by atoms with Gasteiger partial charge in [0.1, 0.15) is 6.54 Å². The van der Waals surface area contributed by atoms with E-state index in [2.05, 4.69) is 4.74 Å². The van der Waals surface area contributed by atoms with Crippen molar-refractivity contribution in [2.75, 3.05) is 20.7 Å².